The number of rotatable bonds is 7. The van der Waals surface area contributed by atoms with Gasteiger partial charge in [0.25, 0.3) is 0 Å². The maximum Gasteiger partial charge on any atom is 0.191 e. The molecule has 0 amide bonds. The van der Waals surface area contributed by atoms with Crippen LogP contribution in [0.2, 0.25) is 0 Å². The summed E-state index contributed by atoms with van der Waals surface area (Å²) in [5.74, 6) is 0.834. The number of thioether (sulfide) groups is 1. The van der Waals surface area contributed by atoms with E-state index in [1.807, 2.05) is 24.3 Å². The number of hydrogen-bond acceptors (Lipinski definition) is 4. The van der Waals surface area contributed by atoms with Crippen LogP contribution in [0.1, 0.15) is 25.0 Å². The molecule has 0 heterocycles. The summed E-state index contributed by atoms with van der Waals surface area (Å²) in [6, 6.07) is 7.58. The Morgan fingerprint density at radius 2 is 1.74 bits per heavy atom. The van der Waals surface area contributed by atoms with Crippen molar-refractivity contribution in [1.82, 2.24) is 10.6 Å². The van der Waals surface area contributed by atoms with Crippen molar-refractivity contribution in [3.8, 4) is 0 Å². The van der Waals surface area contributed by atoms with Crippen molar-refractivity contribution in [2.45, 2.75) is 30.9 Å². The second-order valence-electron chi connectivity index (χ2n) is 6.13. The zero-order valence-corrected chi connectivity index (χ0v) is 16.1. The zero-order valence-electron chi connectivity index (χ0n) is 14.5. The van der Waals surface area contributed by atoms with Crippen LogP contribution in [-0.4, -0.2) is 45.2 Å². The van der Waals surface area contributed by atoms with Crippen molar-refractivity contribution in [2.75, 3.05) is 26.1 Å². The summed E-state index contributed by atoms with van der Waals surface area (Å²) in [5, 5.41) is 6.57. The van der Waals surface area contributed by atoms with Gasteiger partial charge in [0.2, 0.25) is 0 Å². The molecule has 0 radical (unpaired) electrons. The van der Waals surface area contributed by atoms with Crippen molar-refractivity contribution < 1.29 is 8.42 Å². The molecular formula is C16H27N3O2S2. The standard InChI is InChI=1S/C16H27N3O2S2/c1-16(2,22-4)12-19-15(17-3)18-10-13-6-8-14(9-7-13)11-23(5,20)21/h6-9H,10-12H2,1-5H3,(H2,17,18,19). The number of nitrogens with zero attached hydrogens (tertiary/aromatic N) is 1. The molecule has 0 atom stereocenters. The molecular weight excluding hydrogens is 330 g/mol. The van der Waals surface area contributed by atoms with E-state index in [4.69, 9.17) is 0 Å². The summed E-state index contributed by atoms with van der Waals surface area (Å²) < 4.78 is 22.7. The van der Waals surface area contributed by atoms with Crippen LogP contribution in [0.5, 0.6) is 0 Å². The molecule has 0 unspecified atom stereocenters. The molecule has 5 nitrogen and oxygen atoms in total. The molecule has 0 aromatic heterocycles. The fourth-order valence-electron chi connectivity index (χ4n) is 1.83. The highest BCUT2D eigenvalue weighted by Gasteiger charge is 2.16. The maximum absolute atomic E-state index is 11.3. The minimum atomic E-state index is -2.99. The summed E-state index contributed by atoms with van der Waals surface area (Å²) in [4.78, 5) is 4.21. The average Bonchev–Trinajstić information content (AvgIpc) is 2.47. The van der Waals surface area contributed by atoms with Gasteiger partial charge < -0.3 is 10.6 Å². The molecule has 0 saturated carbocycles. The van der Waals surface area contributed by atoms with Gasteiger partial charge in [-0.15, -0.1) is 0 Å². The Morgan fingerprint density at radius 1 is 1.17 bits per heavy atom. The van der Waals surface area contributed by atoms with Gasteiger partial charge in [-0.1, -0.05) is 24.3 Å². The van der Waals surface area contributed by atoms with Gasteiger partial charge in [0, 0.05) is 31.1 Å². The predicted molar refractivity (Wildman–Crippen MR) is 101 cm³/mol. The second kappa shape index (κ2) is 8.59. The van der Waals surface area contributed by atoms with E-state index in [-0.39, 0.29) is 10.5 Å². The highest BCUT2D eigenvalue weighted by atomic mass is 32.2. The third-order valence-electron chi connectivity index (χ3n) is 3.37. The Balaban J connectivity index is 2.53. The van der Waals surface area contributed by atoms with Gasteiger partial charge in [-0.3, -0.25) is 4.99 Å². The van der Waals surface area contributed by atoms with Crippen LogP contribution in [0.3, 0.4) is 0 Å². The van der Waals surface area contributed by atoms with E-state index in [1.165, 1.54) is 6.26 Å². The van der Waals surface area contributed by atoms with Crippen LogP contribution in [0.15, 0.2) is 29.3 Å². The number of guanidine groups is 1. The highest BCUT2D eigenvalue weighted by Crippen LogP contribution is 2.19. The molecule has 7 heteroatoms. The summed E-state index contributed by atoms with van der Waals surface area (Å²) in [6.07, 6.45) is 3.34. The number of hydrogen-bond donors (Lipinski definition) is 2. The fourth-order valence-corrected chi connectivity index (χ4v) is 2.85. The van der Waals surface area contributed by atoms with Crippen LogP contribution in [0.4, 0.5) is 0 Å². The lowest BCUT2D eigenvalue weighted by Crippen LogP contribution is -2.42. The molecule has 0 fully saturated rings. The SMILES string of the molecule is CN=C(NCc1ccc(CS(C)(=O)=O)cc1)NCC(C)(C)SC. The van der Waals surface area contributed by atoms with E-state index >= 15 is 0 Å². The van der Waals surface area contributed by atoms with Crippen LogP contribution < -0.4 is 10.6 Å². The van der Waals surface area contributed by atoms with Gasteiger partial charge in [-0.2, -0.15) is 11.8 Å². The summed E-state index contributed by atoms with van der Waals surface area (Å²) in [5.41, 5.74) is 1.88. The van der Waals surface area contributed by atoms with Gasteiger partial charge in [-0.05, 0) is 31.2 Å². The van der Waals surface area contributed by atoms with E-state index in [1.54, 1.807) is 18.8 Å². The normalized spacial score (nSPS) is 13.0. The largest absolute Gasteiger partial charge is 0.355 e. The van der Waals surface area contributed by atoms with E-state index in [0.29, 0.717) is 6.54 Å². The van der Waals surface area contributed by atoms with Crippen molar-refractivity contribution in [2.24, 2.45) is 4.99 Å². The van der Waals surface area contributed by atoms with Crippen LogP contribution in [-0.2, 0) is 22.1 Å². The predicted octanol–water partition coefficient (Wildman–Crippen LogP) is 2.04. The maximum atomic E-state index is 11.3. The Hall–Kier alpha value is -1.21. The minimum absolute atomic E-state index is 0.0771. The Morgan fingerprint density at radius 3 is 2.22 bits per heavy atom. The van der Waals surface area contributed by atoms with E-state index in [2.05, 4.69) is 35.7 Å². The quantitative estimate of drug-likeness (QED) is 0.577. The molecule has 1 aromatic carbocycles. The van der Waals surface area contributed by atoms with Crippen molar-refractivity contribution in [3.63, 3.8) is 0 Å². The molecule has 0 bridgehead atoms. The monoisotopic (exact) mass is 357 g/mol. The number of benzene rings is 1. The third-order valence-corrected chi connectivity index (χ3v) is 5.48. The first kappa shape index (κ1) is 19.8. The molecule has 0 spiro atoms. The third kappa shape index (κ3) is 8.27. The highest BCUT2D eigenvalue weighted by molar-refractivity contribution is 7.99. The number of nitrogens with one attached hydrogen (secondary N) is 2. The lowest BCUT2D eigenvalue weighted by atomic mass is 10.1. The molecule has 0 saturated heterocycles. The van der Waals surface area contributed by atoms with Gasteiger partial charge in [-0.25, -0.2) is 8.42 Å². The summed E-state index contributed by atoms with van der Waals surface area (Å²) >= 11 is 1.81. The van der Waals surface area contributed by atoms with Crippen molar-refractivity contribution in [1.29, 1.82) is 0 Å². The number of sulfone groups is 1. The molecule has 23 heavy (non-hydrogen) atoms. The zero-order chi connectivity index (χ0) is 17.5. The van der Waals surface area contributed by atoms with Gasteiger partial charge in [0.1, 0.15) is 0 Å². The molecule has 1 rings (SSSR count). The smallest absolute Gasteiger partial charge is 0.191 e. The summed E-state index contributed by atoms with van der Waals surface area (Å²) in [6.45, 7) is 5.82. The first-order valence-electron chi connectivity index (χ1n) is 7.40. The topological polar surface area (TPSA) is 70.6 Å². The van der Waals surface area contributed by atoms with Crippen LogP contribution in [0.25, 0.3) is 0 Å². The summed E-state index contributed by atoms with van der Waals surface area (Å²) in [7, 11) is -1.24. The lowest BCUT2D eigenvalue weighted by Gasteiger charge is -2.23. The lowest BCUT2D eigenvalue weighted by molar-refractivity contribution is 0.601. The average molecular weight is 358 g/mol. The van der Waals surface area contributed by atoms with Gasteiger partial charge in [0.15, 0.2) is 15.8 Å². The fraction of sp³-hybridized carbons (Fsp3) is 0.562. The minimum Gasteiger partial charge on any atom is -0.355 e. The van der Waals surface area contributed by atoms with Crippen molar-refractivity contribution >= 4 is 27.6 Å². The van der Waals surface area contributed by atoms with Gasteiger partial charge >= 0.3 is 0 Å². The molecule has 0 aliphatic rings. The van der Waals surface area contributed by atoms with Crippen LogP contribution >= 0.6 is 11.8 Å². The molecule has 0 aliphatic carbocycles. The second-order valence-corrected chi connectivity index (χ2v) is 9.78. The first-order chi connectivity index (χ1) is 10.6. The first-order valence-corrected chi connectivity index (χ1v) is 10.7. The Kier molecular flexibility index (Phi) is 7.41. The molecule has 130 valence electrons. The van der Waals surface area contributed by atoms with Gasteiger partial charge in [0.05, 0.1) is 5.75 Å². The van der Waals surface area contributed by atoms with E-state index in [0.717, 1.165) is 23.6 Å². The Labute approximate surface area is 144 Å². The molecule has 0 aliphatic heterocycles. The number of aliphatic imine (C=N–C) groups is 1. The Bertz CT molecular complexity index is 623. The molecule has 1 aromatic rings. The molecule has 2 N–H and O–H groups in total. The van der Waals surface area contributed by atoms with E-state index in [9.17, 15) is 8.42 Å². The van der Waals surface area contributed by atoms with E-state index < -0.39 is 9.84 Å². The van der Waals surface area contributed by atoms with Crippen LogP contribution in [0, 0.1) is 0 Å². The van der Waals surface area contributed by atoms with Crippen molar-refractivity contribution in [3.05, 3.63) is 35.4 Å².